The molecular formula is C15H20ClN3OS. The predicted molar refractivity (Wildman–Crippen MR) is 83.7 cm³/mol. The van der Waals surface area contributed by atoms with Gasteiger partial charge in [-0.15, -0.1) is 21.8 Å². The molecular weight excluding hydrogens is 306 g/mol. The molecule has 4 nitrogen and oxygen atoms in total. The van der Waals surface area contributed by atoms with Crippen molar-refractivity contribution in [1.29, 1.82) is 0 Å². The molecule has 4 saturated carbocycles. The van der Waals surface area contributed by atoms with Gasteiger partial charge in [-0.2, -0.15) is 0 Å². The molecule has 1 heterocycles. The Morgan fingerprint density at radius 1 is 1.24 bits per heavy atom. The molecule has 4 aliphatic carbocycles. The second-order valence-electron chi connectivity index (χ2n) is 7.22. The molecule has 1 unspecified atom stereocenters. The van der Waals surface area contributed by atoms with Crippen LogP contribution in [0.15, 0.2) is 0 Å². The zero-order chi connectivity index (χ0) is 14.6. The summed E-state index contributed by atoms with van der Waals surface area (Å²) in [5, 5.41) is 12.6. The molecule has 6 heteroatoms. The molecule has 0 aliphatic heterocycles. The van der Waals surface area contributed by atoms with Gasteiger partial charge in [0.25, 0.3) is 0 Å². The minimum atomic E-state index is -0.545. The minimum Gasteiger partial charge on any atom is -0.299 e. The highest BCUT2D eigenvalue weighted by atomic mass is 35.5. The monoisotopic (exact) mass is 325 g/mol. The summed E-state index contributed by atoms with van der Waals surface area (Å²) in [6.07, 6.45) is 8.08. The quantitative estimate of drug-likeness (QED) is 0.864. The van der Waals surface area contributed by atoms with Gasteiger partial charge in [0.15, 0.2) is 0 Å². The number of carbonyl (C=O) groups excluding carboxylic acids is 1. The van der Waals surface area contributed by atoms with E-state index in [-0.39, 0.29) is 11.3 Å². The summed E-state index contributed by atoms with van der Waals surface area (Å²) in [5.74, 6) is 2.47. The molecule has 4 bridgehead atoms. The number of alkyl halides is 1. The SMILES string of the molecule is CC(Cl)C(=O)Nc1nnc(C23CC4CC(CC(C4)C2)C3)s1. The van der Waals surface area contributed by atoms with E-state index in [0.29, 0.717) is 5.13 Å². The number of nitrogens with one attached hydrogen (secondary N) is 1. The maximum absolute atomic E-state index is 11.7. The molecule has 1 aromatic rings. The highest BCUT2D eigenvalue weighted by Crippen LogP contribution is 2.61. The number of hydrogen-bond donors (Lipinski definition) is 1. The third kappa shape index (κ3) is 2.38. The summed E-state index contributed by atoms with van der Waals surface area (Å²) in [6.45, 7) is 1.66. The molecule has 114 valence electrons. The van der Waals surface area contributed by atoms with Crippen LogP contribution in [-0.4, -0.2) is 21.5 Å². The van der Waals surface area contributed by atoms with Crippen LogP contribution in [0.1, 0.15) is 50.5 Å². The lowest BCUT2D eigenvalue weighted by atomic mass is 9.50. The molecule has 4 aliphatic rings. The largest absolute Gasteiger partial charge is 0.299 e. The van der Waals surface area contributed by atoms with Crippen LogP contribution in [0.5, 0.6) is 0 Å². The third-order valence-electron chi connectivity index (χ3n) is 5.51. The number of halogens is 1. The van der Waals surface area contributed by atoms with Gasteiger partial charge in [0.1, 0.15) is 10.4 Å². The standard InChI is InChI=1S/C15H20ClN3OS/c1-8(16)12(20)17-14-19-18-13(21-14)15-5-9-2-10(6-15)4-11(3-9)7-15/h8-11H,2-7H2,1H3,(H,17,19,20). The molecule has 4 fully saturated rings. The van der Waals surface area contributed by atoms with Crippen LogP contribution in [0.2, 0.25) is 0 Å². The Hall–Kier alpha value is -0.680. The van der Waals surface area contributed by atoms with E-state index in [1.54, 1.807) is 18.3 Å². The Morgan fingerprint density at radius 3 is 2.33 bits per heavy atom. The van der Waals surface area contributed by atoms with Crippen molar-refractivity contribution < 1.29 is 4.79 Å². The van der Waals surface area contributed by atoms with Gasteiger partial charge in [0.05, 0.1) is 0 Å². The summed E-state index contributed by atoms with van der Waals surface area (Å²) in [5.41, 5.74) is 0.252. The molecule has 0 saturated heterocycles. The highest BCUT2D eigenvalue weighted by Gasteiger charge is 2.53. The Balaban J connectivity index is 1.57. The Morgan fingerprint density at radius 2 is 1.81 bits per heavy atom. The summed E-state index contributed by atoms with van der Waals surface area (Å²) in [6, 6.07) is 0. The molecule has 21 heavy (non-hydrogen) atoms. The first-order chi connectivity index (χ1) is 10.0. The number of hydrogen-bond acceptors (Lipinski definition) is 4. The van der Waals surface area contributed by atoms with Crippen LogP contribution >= 0.6 is 22.9 Å². The van der Waals surface area contributed by atoms with E-state index < -0.39 is 5.38 Å². The fraction of sp³-hybridized carbons (Fsp3) is 0.800. The zero-order valence-electron chi connectivity index (χ0n) is 12.1. The van der Waals surface area contributed by atoms with Crippen molar-refractivity contribution in [1.82, 2.24) is 10.2 Å². The van der Waals surface area contributed by atoms with E-state index >= 15 is 0 Å². The second-order valence-corrected chi connectivity index (χ2v) is 8.85. The highest BCUT2D eigenvalue weighted by molar-refractivity contribution is 7.15. The molecule has 1 amide bonds. The van der Waals surface area contributed by atoms with Crippen LogP contribution < -0.4 is 5.32 Å². The predicted octanol–water partition coefficient (Wildman–Crippen LogP) is 3.57. The lowest BCUT2D eigenvalue weighted by molar-refractivity contribution is -0.115. The number of carbonyl (C=O) groups is 1. The molecule has 1 aromatic heterocycles. The average Bonchev–Trinajstić information content (AvgIpc) is 2.86. The lowest BCUT2D eigenvalue weighted by Gasteiger charge is -2.55. The van der Waals surface area contributed by atoms with Crippen LogP contribution in [0.3, 0.4) is 0 Å². The van der Waals surface area contributed by atoms with Gasteiger partial charge < -0.3 is 0 Å². The average molecular weight is 326 g/mol. The van der Waals surface area contributed by atoms with Crippen molar-refractivity contribution in [2.75, 3.05) is 5.32 Å². The van der Waals surface area contributed by atoms with Gasteiger partial charge in [0.2, 0.25) is 11.0 Å². The lowest BCUT2D eigenvalue weighted by Crippen LogP contribution is -2.48. The molecule has 0 aromatic carbocycles. The zero-order valence-corrected chi connectivity index (χ0v) is 13.7. The first-order valence-electron chi connectivity index (χ1n) is 7.83. The second kappa shape index (κ2) is 4.92. The summed E-state index contributed by atoms with van der Waals surface area (Å²) in [4.78, 5) is 11.7. The molecule has 5 rings (SSSR count). The van der Waals surface area contributed by atoms with E-state index in [1.165, 1.54) is 38.5 Å². The summed E-state index contributed by atoms with van der Waals surface area (Å²) in [7, 11) is 0. The maximum atomic E-state index is 11.7. The smallest absolute Gasteiger partial charge is 0.243 e. The third-order valence-corrected chi connectivity index (χ3v) is 6.79. The topological polar surface area (TPSA) is 54.9 Å². The van der Waals surface area contributed by atoms with Crippen LogP contribution in [0, 0.1) is 17.8 Å². The van der Waals surface area contributed by atoms with Gasteiger partial charge in [-0.3, -0.25) is 10.1 Å². The van der Waals surface area contributed by atoms with Crippen molar-refractivity contribution in [3.8, 4) is 0 Å². The number of aromatic nitrogens is 2. The first-order valence-corrected chi connectivity index (χ1v) is 9.08. The summed E-state index contributed by atoms with van der Waals surface area (Å²) >= 11 is 7.34. The van der Waals surface area contributed by atoms with Crippen molar-refractivity contribution in [3.63, 3.8) is 0 Å². The van der Waals surface area contributed by atoms with Crippen LogP contribution in [0.4, 0.5) is 5.13 Å². The van der Waals surface area contributed by atoms with Crippen molar-refractivity contribution >= 4 is 34.0 Å². The van der Waals surface area contributed by atoms with Crippen LogP contribution in [-0.2, 0) is 10.2 Å². The minimum absolute atomic E-state index is 0.204. The first kappa shape index (κ1) is 13.9. The molecule has 1 N–H and O–H groups in total. The van der Waals surface area contributed by atoms with Crippen molar-refractivity contribution in [3.05, 3.63) is 5.01 Å². The number of nitrogens with zero attached hydrogens (tertiary/aromatic N) is 2. The van der Waals surface area contributed by atoms with Crippen molar-refractivity contribution in [2.45, 2.75) is 56.2 Å². The number of anilines is 1. The fourth-order valence-electron chi connectivity index (χ4n) is 5.07. The Kier molecular flexibility index (Phi) is 3.26. The van der Waals surface area contributed by atoms with E-state index in [9.17, 15) is 4.79 Å². The molecule has 0 radical (unpaired) electrons. The van der Waals surface area contributed by atoms with Crippen molar-refractivity contribution in [2.24, 2.45) is 17.8 Å². The van der Waals surface area contributed by atoms with Gasteiger partial charge >= 0.3 is 0 Å². The maximum Gasteiger partial charge on any atom is 0.243 e. The van der Waals surface area contributed by atoms with E-state index in [1.807, 2.05) is 0 Å². The Bertz CT molecular complexity index is 536. The van der Waals surface area contributed by atoms with Gasteiger partial charge in [0, 0.05) is 5.41 Å². The summed E-state index contributed by atoms with van der Waals surface area (Å²) < 4.78 is 0. The van der Waals surface area contributed by atoms with E-state index in [4.69, 9.17) is 11.6 Å². The number of rotatable bonds is 3. The van der Waals surface area contributed by atoms with E-state index in [0.717, 1.165) is 22.8 Å². The van der Waals surface area contributed by atoms with Gasteiger partial charge in [-0.05, 0) is 63.2 Å². The number of amides is 1. The van der Waals surface area contributed by atoms with Gasteiger partial charge in [-0.25, -0.2) is 0 Å². The van der Waals surface area contributed by atoms with E-state index in [2.05, 4.69) is 15.5 Å². The molecule has 0 spiro atoms. The van der Waals surface area contributed by atoms with Gasteiger partial charge in [-0.1, -0.05) is 11.3 Å². The normalized spacial score (nSPS) is 38.5. The van der Waals surface area contributed by atoms with Crippen LogP contribution in [0.25, 0.3) is 0 Å². The fourth-order valence-corrected chi connectivity index (χ4v) is 6.08. The molecule has 1 atom stereocenters. The Labute approximate surface area is 133 Å².